The predicted octanol–water partition coefficient (Wildman–Crippen LogP) is 17.3. The molecule has 0 bridgehead atoms. The fraction of sp³-hybridized carbons (Fsp3) is 0.229. The van der Waals surface area contributed by atoms with Crippen LogP contribution in [0.3, 0.4) is 0 Å². The smallest absolute Gasteiger partial charge is 0.252 e. The van der Waals surface area contributed by atoms with Crippen LogP contribution in [0.25, 0.3) is 22.3 Å². The van der Waals surface area contributed by atoms with Crippen molar-refractivity contribution in [3.63, 3.8) is 0 Å². The number of hydrogen-bond donors (Lipinski definition) is 0. The van der Waals surface area contributed by atoms with Gasteiger partial charge in [-0.1, -0.05) is 189 Å². The van der Waals surface area contributed by atoms with E-state index in [-0.39, 0.29) is 28.4 Å². The average Bonchev–Trinajstić information content (AvgIpc) is 3.48. The Hall–Kier alpha value is -7.56. The molecule has 0 fully saturated rings. The molecule has 0 unspecified atom stereocenters. The first-order chi connectivity index (χ1) is 35.7. The highest BCUT2D eigenvalue weighted by atomic mass is 15.2. The van der Waals surface area contributed by atoms with Crippen LogP contribution in [-0.2, 0) is 21.7 Å². The van der Waals surface area contributed by atoms with Gasteiger partial charge < -0.3 is 14.7 Å². The quantitative estimate of drug-likeness (QED) is 0.147. The van der Waals surface area contributed by atoms with Crippen molar-refractivity contribution in [3.05, 3.63) is 229 Å². The molecule has 3 nitrogen and oxygen atoms in total. The summed E-state index contributed by atoms with van der Waals surface area (Å²) in [6.45, 7) is 19.7. The third-order valence-corrected chi connectivity index (χ3v) is 17.7. The van der Waals surface area contributed by atoms with E-state index in [1.165, 1.54) is 95.8 Å². The topological polar surface area (TPSA) is 9.72 Å². The molecule has 0 atom stereocenters. The molecule has 0 saturated carbocycles. The van der Waals surface area contributed by atoms with Crippen LogP contribution in [0.1, 0.15) is 103 Å². The normalized spacial score (nSPS) is 17.1. The predicted molar refractivity (Wildman–Crippen MR) is 317 cm³/mol. The second-order valence-electron chi connectivity index (χ2n) is 24.3. The van der Waals surface area contributed by atoms with E-state index in [4.69, 9.17) is 0 Å². The number of rotatable bonds is 7. The van der Waals surface area contributed by atoms with Crippen LogP contribution in [0.5, 0.6) is 0 Å². The van der Waals surface area contributed by atoms with Gasteiger partial charge in [0.25, 0.3) is 6.71 Å². The van der Waals surface area contributed by atoms with Crippen molar-refractivity contribution in [1.82, 2.24) is 0 Å². The van der Waals surface area contributed by atoms with E-state index in [2.05, 4.69) is 276 Å². The minimum Gasteiger partial charge on any atom is -0.311 e. The lowest BCUT2D eigenvalue weighted by atomic mass is 9.33. The van der Waals surface area contributed by atoms with Gasteiger partial charge in [-0.2, -0.15) is 0 Å². The molecule has 4 heteroatoms. The van der Waals surface area contributed by atoms with Crippen molar-refractivity contribution in [2.24, 2.45) is 0 Å². The van der Waals surface area contributed by atoms with Crippen LogP contribution in [0, 0.1) is 0 Å². The van der Waals surface area contributed by atoms with Gasteiger partial charge in [0, 0.05) is 45.5 Å². The molecule has 74 heavy (non-hydrogen) atoms. The van der Waals surface area contributed by atoms with Gasteiger partial charge in [0.2, 0.25) is 0 Å². The van der Waals surface area contributed by atoms with Crippen LogP contribution < -0.4 is 31.1 Å². The highest BCUT2D eigenvalue weighted by Gasteiger charge is 2.48. The number of benzene rings is 9. The summed E-state index contributed by atoms with van der Waals surface area (Å²) in [4.78, 5) is 7.76. The van der Waals surface area contributed by atoms with Gasteiger partial charge in [0.1, 0.15) is 0 Å². The van der Waals surface area contributed by atoms with Crippen molar-refractivity contribution in [1.29, 1.82) is 0 Å². The Morgan fingerprint density at radius 3 is 1.32 bits per heavy atom. The number of fused-ring (bicyclic) bond motifs is 6. The lowest BCUT2D eigenvalue weighted by molar-refractivity contribution is 0.332. The molecular formula is C70H66BN3. The lowest BCUT2D eigenvalue weighted by Gasteiger charge is -2.48. The number of nitrogens with zero attached hydrogens (tertiary/aromatic N) is 3. The maximum atomic E-state index is 2.69. The Labute approximate surface area is 440 Å². The molecule has 0 aromatic heterocycles. The van der Waals surface area contributed by atoms with Crippen molar-refractivity contribution >= 4 is 74.3 Å². The summed E-state index contributed by atoms with van der Waals surface area (Å²) in [6.07, 6.45) is 4.62. The number of hydrogen-bond acceptors (Lipinski definition) is 3. The first-order valence-electron chi connectivity index (χ1n) is 27.0. The summed E-state index contributed by atoms with van der Waals surface area (Å²) < 4.78 is 0. The van der Waals surface area contributed by atoms with Crippen LogP contribution >= 0.6 is 0 Å². The second-order valence-corrected chi connectivity index (χ2v) is 24.3. The molecule has 9 aromatic carbocycles. The Morgan fingerprint density at radius 1 is 0.324 bits per heavy atom. The molecule has 0 spiro atoms. The number of anilines is 9. The highest BCUT2D eigenvalue weighted by molar-refractivity contribution is 7.00. The van der Waals surface area contributed by atoms with E-state index in [0.717, 1.165) is 42.0 Å². The SMILES string of the molecule is CC1(C)CCC(C)(C)c2cc(N3c4cc5c(cc4B4c6ccc(-c7ccccc7)cc6N(c6cccc(-c7ccccc7)c6)c6cc(N(c7ccccc7)c7ccccc7)cc3c64)C(C)(C)CCC5(C)C)ccc21. The zero-order valence-corrected chi connectivity index (χ0v) is 44.4. The van der Waals surface area contributed by atoms with Crippen LogP contribution in [0.2, 0.25) is 0 Å². The molecule has 0 radical (unpaired) electrons. The first kappa shape index (κ1) is 46.2. The van der Waals surface area contributed by atoms with Gasteiger partial charge in [-0.05, 0) is 181 Å². The molecule has 13 rings (SSSR count). The van der Waals surface area contributed by atoms with Crippen molar-refractivity contribution in [2.45, 2.75) is 103 Å². The second kappa shape index (κ2) is 17.0. The monoisotopic (exact) mass is 960 g/mol. The maximum Gasteiger partial charge on any atom is 0.252 e. The van der Waals surface area contributed by atoms with E-state index in [1.807, 2.05) is 0 Å². The van der Waals surface area contributed by atoms with Crippen molar-refractivity contribution < 1.29 is 0 Å². The molecule has 364 valence electrons. The lowest BCUT2D eigenvalue weighted by Crippen LogP contribution is -2.62. The van der Waals surface area contributed by atoms with E-state index >= 15 is 0 Å². The van der Waals surface area contributed by atoms with Crippen molar-refractivity contribution in [2.75, 3.05) is 14.7 Å². The average molecular weight is 960 g/mol. The minimum absolute atomic E-state index is 0.00769. The van der Waals surface area contributed by atoms with E-state index in [1.54, 1.807) is 0 Å². The van der Waals surface area contributed by atoms with Gasteiger partial charge in [-0.25, -0.2) is 0 Å². The molecular weight excluding hydrogens is 894 g/mol. The zero-order chi connectivity index (χ0) is 50.7. The zero-order valence-electron chi connectivity index (χ0n) is 44.4. The summed E-state index contributed by atoms with van der Waals surface area (Å²) in [6, 6.07) is 78.1. The first-order valence-corrected chi connectivity index (χ1v) is 27.0. The fourth-order valence-electron chi connectivity index (χ4n) is 13.3. The summed E-state index contributed by atoms with van der Waals surface area (Å²) >= 11 is 0. The standard InChI is InChI=1S/C70H66BN3/c1-67(2)36-37-68(3,4)57-42-54(33-34-56(57)67)74-63-46-59-58(69(5,6)38-39-70(59,7)8)45-61(63)71-60-35-32-50(48-24-15-10-16-25-48)41-62(60)73(53-31-21-26-49(40-53)47-22-13-9-14-23-47)64-43-55(44-65(74)66(64)71)72(51-27-17-11-18-28-51)52-29-19-12-20-30-52/h9-35,40-46H,36-39H2,1-8H3. The van der Waals surface area contributed by atoms with Gasteiger partial charge in [0.05, 0.1) is 5.69 Å². The summed E-state index contributed by atoms with van der Waals surface area (Å²) in [5, 5.41) is 0. The van der Waals surface area contributed by atoms with Gasteiger partial charge in [-0.3, -0.25) is 0 Å². The van der Waals surface area contributed by atoms with Crippen molar-refractivity contribution in [3.8, 4) is 22.3 Å². The van der Waals surface area contributed by atoms with Gasteiger partial charge in [0.15, 0.2) is 0 Å². The molecule has 2 aliphatic heterocycles. The Kier molecular flexibility index (Phi) is 10.6. The molecule has 4 aliphatic rings. The summed E-state index contributed by atoms with van der Waals surface area (Å²) in [7, 11) is 0. The molecule has 0 amide bonds. The third kappa shape index (κ3) is 7.46. The Bertz CT molecular complexity index is 3590. The summed E-state index contributed by atoms with van der Waals surface area (Å²) in [5.41, 5.74) is 25.4. The largest absolute Gasteiger partial charge is 0.311 e. The highest BCUT2D eigenvalue weighted by Crippen LogP contribution is 2.54. The summed E-state index contributed by atoms with van der Waals surface area (Å²) in [5.74, 6) is 0. The number of para-hydroxylation sites is 2. The van der Waals surface area contributed by atoms with Crippen LogP contribution in [0.4, 0.5) is 51.2 Å². The fourth-order valence-corrected chi connectivity index (χ4v) is 13.3. The van der Waals surface area contributed by atoms with Gasteiger partial charge >= 0.3 is 0 Å². The van der Waals surface area contributed by atoms with E-state index < -0.39 is 0 Å². The van der Waals surface area contributed by atoms with E-state index in [0.29, 0.717) is 0 Å². The minimum atomic E-state index is -0.0466. The molecule has 9 aromatic rings. The van der Waals surface area contributed by atoms with Crippen LogP contribution in [0.15, 0.2) is 206 Å². The molecule has 2 heterocycles. The maximum absolute atomic E-state index is 2.69. The molecule has 0 N–H and O–H groups in total. The third-order valence-electron chi connectivity index (χ3n) is 17.7. The molecule has 2 aliphatic carbocycles. The van der Waals surface area contributed by atoms with Crippen LogP contribution in [-0.4, -0.2) is 6.71 Å². The Morgan fingerprint density at radius 2 is 0.770 bits per heavy atom. The van der Waals surface area contributed by atoms with Gasteiger partial charge in [-0.15, -0.1) is 0 Å². The van der Waals surface area contributed by atoms with E-state index in [9.17, 15) is 0 Å². The molecule has 0 saturated heterocycles. The Balaban J connectivity index is 1.18.